The molecule has 1 rings (SSSR count). The zero-order chi connectivity index (χ0) is 15.1. The van der Waals surface area contributed by atoms with Crippen LogP contribution in [0, 0.1) is 16.0 Å². The van der Waals surface area contributed by atoms with Crippen LogP contribution in [0.1, 0.15) is 30.1 Å². The number of carbonyl (C=O) groups excluding carboxylic acids is 1. The van der Waals surface area contributed by atoms with Gasteiger partial charge in [0.25, 0.3) is 11.6 Å². The minimum Gasteiger partial charge on any atom is -0.396 e. The molecule has 0 aliphatic carbocycles. The lowest BCUT2D eigenvalue weighted by Gasteiger charge is -2.14. The van der Waals surface area contributed by atoms with Crippen LogP contribution in [0.5, 0.6) is 0 Å². The predicted molar refractivity (Wildman–Crippen MR) is 75.9 cm³/mol. The van der Waals surface area contributed by atoms with Gasteiger partial charge in [0.1, 0.15) is 5.02 Å². The van der Waals surface area contributed by atoms with Gasteiger partial charge in [-0.1, -0.05) is 31.0 Å². The number of benzene rings is 1. The number of rotatable bonds is 7. The van der Waals surface area contributed by atoms with Gasteiger partial charge in [0.05, 0.1) is 10.5 Å². The van der Waals surface area contributed by atoms with Crippen LogP contribution < -0.4 is 5.32 Å². The zero-order valence-electron chi connectivity index (χ0n) is 11.1. The maximum Gasteiger partial charge on any atom is 0.288 e. The van der Waals surface area contributed by atoms with Crippen LogP contribution >= 0.6 is 11.6 Å². The Bertz CT molecular complexity index is 493. The highest BCUT2D eigenvalue weighted by Gasteiger charge is 2.20. The van der Waals surface area contributed by atoms with Gasteiger partial charge in [-0.15, -0.1) is 0 Å². The normalized spacial score (nSPS) is 11.9. The van der Waals surface area contributed by atoms with Crippen molar-refractivity contribution in [3.63, 3.8) is 0 Å². The van der Waals surface area contributed by atoms with Gasteiger partial charge in [-0.05, 0) is 18.4 Å². The fourth-order valence-corrected chi connectivity index (χ4v) is 2.08. The van der Waals surface area contributed by atoms with E-state index < -0.39 is 10.8 Å². The molecule has 1 aromatic rings. The molecule has 1 aromatic carbocycles. The average molecular weight is 301 g/mol. The Hall–Kier alpha value is -1.66. The molecule has 0 aromatic heterocycles. The molecule has 0 bridgehead atoms. The first kappa shape index (κ1) is 16.4. The molecule has 1 amide bonds. The van der Waals surface area contributed by atoms with Crippen molar-refractivity contribution in [2.24, 2.45) is 5.92 Å². The first-order valence-corrected chi connectivity index (χ1v) is 6.71. The smallest absolute Gasteiger partial charge is 0.288 e. The third-order valence-corrected chi connectivity index (χ3v) is 3.48. The number of nitro benzene ring substituents is 1. The van der Waals surface area contributed by atoms with E-state index in [1.807, 2.05) is 6.92 Å². The molecule has 0 saturated heterocycles. The summed E-state index contributed by atoms with van der Waals surface area (Å²) in [6, 6.07) is 4.11. The van der Waals surface area contributed by atoms with Crippen LogP contribution in [0.4, 0.5) is 5.69 Å². The SMILES string of the molecule is CCC(CCO)CNC(=O)c1cccc([N+](=O)[O-])c1Cl. The molecule has 0 aliphatic heterocycles. The fraction of sp³-hybridized carbons (Fsp3) is 0.462. The van der Waals surface area contributed by atoms with Crippen molar-refractivity contribution < 1.29 is 14.8 Å². The van der Waals surface area contributed by atoms with E-state index in [0.717, 1.165) is 6.42 Å². The second-order valence-electron chi connectivity index (χ2n) is 4.39. The van der Waals surface area contributed by atoms with Crippen molar-refractivity contribution in [2.75, 3.05) is 13.2 Å². The average Bonchev–Trinajstić information content (AvgIpc) is 2.43. The summed E-state index contributed by atoms with van der Waals surface area (Å²) in [4.78, 5) is 22.1. The highest BCUT2D eigenvalue weighted by atomic mass is 35.5. The largest absolute Gasteiger partial charge is 0.396 e. The molecule has 6 nitrogen and oxygen atoms in total. The molecule has 20 heavy (non-hydrogen) atoms. The van der Waals surface area contributed by atoms with Crippen molar-refractivity contribution in [1.82, 2.24) is 5.32 Å². The lowest BCUT2D eigenvalue weighted by molar-refractivity contribution is -0.384. The van der Waals surface area contributed by atoms with Gasteiger partial charge in [0.2, 0.25) is 0 Å². The number of hydrogen-bond acceptors (Lipinski definition) is 4. The van der Waals surface area contributed by atoms with Gasteiger partial charge < -0.3 is 10.4 Å². The van der Waals surface area contributed by atoms with Gasteiger partial charge in [-0.2, -0.15) is 0 Å². The van der Waals surface area contributed by atoms with Crippen LogP contribution in [0.2, 0.25) is 5.02 Å². The minimum atomic E-state index is -0.625. The molecule has 0 saturated carbocycles. The third kappa shape index (κ3) is 4.18. The molecule has 1 unspecified atom stereocenters. The van der Waals surface area contributed by atoms with E-state index >= 15 is 0 Å². The number of amides is 1. The van der Waals surface area contributed by atoms with Crippen LogP contribution in [0.15, 0.2) is 18.2 Å². The first-order chi connectivity index (χ1) is 9.51. The van der Waals surface area contributed by atoms with Crippen LogP contribution in [-0.2, 0) is 0 Å². The summed E-state index contributed by atoms with van der Waals surface area (Å²) in [7, 11) is 0. The topological polar surface area (TPSA) is 92.5 Å². The number of halogens is 1. The summed E-state index contributed by atoms with van der Waals surface area (Å²) in [5.41, 5.74) is -0.207. The number of aliphatic hydroxyl groups excluding tert-OH is 1. The highest BCUT2D eigenvalue weighted by molar-refractivity contribution is 6.35. The van der Waals surface area contributed by atoms with E-state index in [0.29, 0.717) is 13.0 Å². The van der Waals surface area contributed by atoms with Crippen molar-refractivity contribution in [1.29, 1.82) is 0 Å². The molecule has 0 aliphatic rings. The summed E-state index contributed by atoms with van der Waals surface area (Å²) >= 11 is 5.87. The Morgan fingerprint density at radius 1 is 1.55 bits per heavy atom. The predicted octanol–water partition coefficient (Wildman–Crippen LogP) is 2.39. The maximum atomic E-state index is 12.0. The lowest BCUT2D eigenvalue weighted by atomic mass is 10.0. The quantitative estimate of drug-likeness (QED) is 0.597. The lowest BCUT2D eigenvalue weighted by Crippen LogP contribution is -2.29. The Labute approximate surface area is 121 Å². The van der Waals surface area contributed by atoms with Crippen LogP contribution in [0.3, 0.4) is 0 Å². The molecule has 1 atom stereocenters. The summed E-state index contributed by atoms with van der Waals surface area (Å²) in [6.45, 7) is 2.42. The van der Waals surface area contributed by atoms with Gasteiger partial charge in [-0.25, -0.2) is 0 Å². The molecule has 0 heterocycles. The van der Waals surface area contributed by atoms with E-state index in [9.17, 15) is 14.9 Å². The Morgan fingerprint density at radius 3 is 2.80 bits per heavy atom. The van der Waals surface area contributed by atoms with Crippen molar-refractivity contribution in [3.05, 3.63) is 38.9 Å². The minimum absolute atomic E-state index is 0.0615. The number of aliphatic hydroxyl groups is 1. The maximum absolute atomic E-state index is 12.0. The highest BCUT2D eigenvalue weighted by Crippen LogP contribution is 2.27. The summed E-state index contributed by atoms with van der Waals surface area (Å²) in [6.07, 6.45) is 1.42. The summed E-state index contributed by atoms with van der Waals surface area (Å²) in [5.74, 6) is -0.281. The monoisotopic (exact) mass is 300 g/mol. The van der Waals surface area contributed by atoms with Crippen molar-refractivity contribution >= 4 is 23.2 Å². The Morgan fingerprint density at radius 2 is 2.25 bits per heavy atom. The number of nitrogens with zero attached hydrogens (tertiary/aromatic N) is 1. The third-order valence-electron chi connectivity index (χ3n) is 3.09. The van der Waals surface area contributed by atoms with Gasteiger partial charge in [-0.3, -0.25) is 14.9 Å². The molecule has 7 heteroatoms. The number of nitrogens with one attached hydrogen (secondary N) is 1. The fourth-order valence-electron chi connectivity index (χ4n) is 1.80. The molecule has 0 fully saturated rings. The number of hydrogen-bond donors (Lipinski definition) is 2. The zero-order valence-corrected chi connectivity index (χ0v) is 11.9. The molecule has 0 radical (unpaired) electrons. The second-order valence-corrected chi connectivity index (χ2v) is 4.77. The number of carbonyl (C=O) groups is 1. The molecule has 2 N–H and O–H groups in total. The molecular formula is C13H17ClN2O4. The van der Waals surface area contributed by atoms with Gasteiger partial charge in [0, 0.05) is 19.2 Å². The Kier molecular flexibility index (Phi) is 6.41. The first-order valence-electron chi connectivity index (χ1n) is 6.33. The van der Waals surface area contributed by atoms with E-state index in [1.165, 1.54) is 18.2 Å². The van der Waals surface area contributed by atoms with Gasteiger partial charge >= 0.3 is 0 Å². The second kappa shape index (κ2) is 7.81. The van der Waals surface area contributed by atoms with E-state index in [-0.39, 0.29) is 28.8 Å². The van der Waals surface area contributed by atoms with Crippen molar-refractivity contribution in [3.8, 4) is 0 Å². The molecule has 110 valence electrons. The summed E-state index contributed by atoms with van der Waals surface area (Å²) in [5, 5.41) is 22.2. The van der Waals surface area contributed by atoms with E-state index in [4.69, 9.17) is 16.7 Å². The van der Waals surface area contributed by atoms with Gasteiger partial charge in [0.15, 0.2) is 0 Å². The number of nitro groups is 1. The van der Waals surface area contributed by atoms with Crippen LogP contribution in [0.25, 0.3) is 0 Å². The molecule has 0 spiro atoms. The Balaban J connectivity index is 2.78. The molecular weight excluding hydrogens is 284 g/mol. The standard InChI is InChI=1S/C13H17ClN2O4/c1-2-9(6-7-17)8-15-13(18)10-4-3-5-11(12(10)14)16(19)20/h3-5,9,17H,2,6-8H2,1H3,(H,15,18). The van der Waals surface area contributed by atoms with Crippen LogP contribution in [-0.4, -0.2) is 29.1 Å². The van der Waals surface area contributed by atoms with E-state index in [1.54, 1.807) is 0 Å². The van der Waals surface area contributed by atoms with E-state index in [2.05, 4.69) is 5.32 Å². The summed E-state index contributed by atoms with van der Waals surface area (Å²) < 4.78 is 0. The van der Waals surface area contributed by atoms with Crippen molar-refractivity contribution in [2.45, 2.75) is 19.8 Å².